The second-order valence-electron chi connectivity index (χ2n) is 3.91. The van der Waals surface area contributed by atoms with Gasteiger partial charge in [-0.3, -0.25) is 10.1 Å². The molecule has 1 aliphatic heterocycles. The zero-order valence-corrected chi connectivity index (χ0v) is 9.71. The molecule has 0 aliphatic carbocycles. The predicted octanol–water partition coefficient (Wildman–Crippen LogP) is 1.91. The highest BCUT2D eigenvalue weighted by Crippen LogP contribution is 2.22. The fraction of sp³-hybridized carbons (Fsp3) is 0.333. The van der Waals surface area contributed by atoms with Crippen LogP contribution in [0.1, 0.15) is 5.56 Å². The van der Waals surface area contributed by atoms with Gasteiger partial charge >= 0.3 is 0 Å². The molecule has 1 aromatic rings. The van der Waals surface area contributed by atoms with Crippen LogP contribution in [0.15, 0.2) is 24.4 Å². The van der Waals surface area contributed by atoms with Crippen LogP contribution in [-0.2, 0) is 4.74 Å². The highest BCUT2D eigenvalue weighted by Gasteiger charge is 2.14. The van der Waals surface area contributed by atoms with Crippen molar-refractivity contribution < 1.29 is 14.1 Å². The summed E-state index contributed by atoms with van der Waals surface area (Å²) in [6.45, 7) is 2.48. The van der Waals surface area contributed by atoms with E-state index in [2.05, 4.69) is 0 Å². The van der Waals surface area contributed by atoms with Crippen molar-refractivity contribution in [1.82, 2.24) is 0 Å². The molecule has 0 saturated carbocycles. The summed E-state index contributed by atoms with van der Waals surface area (Å²) in [7, 11) is 0. The quantitative estimate of drug-likeness (QED) is 0.609. The van der Waals surface area contributed by atoms with E-state index < -0.39 is 4.92 Å². The Morgan fingerprint density at radius 2 is 2.11 bits per heavy atom. The lowest BCUT2D eigenvalue weighted by Crippen LogP contribution is -2.36. The van der Waals surface area contributed by atoms with Gasteiger partial charge in [-0.25, -0.2) is 4.39 Å². The number of nitro groups is 1. The molecule has 0 atom stereocenters. The highest BCUT2D eigenvalue weighted by molar-refractivity contribution is 5.56. The van der Waals surface area contributed by atoms with Gasteiger partial charge in [-0.15, -0.1) is 0 Å². The Morgan fingerprint density at radius 3 is 2.72 bits per heavy atom. The van der Waals surface area contributed by atoms with Gasteiger partial charge in [0, 0.05) is 19.2 Å². The van der Waals surface area contributed by atoms with Crippen LogP contribution in [0, 0.1) is 15.9 Å². The molecular weight excluding hydrogens is 239 g/mol. The Balaban J connectivity index is 2.16. The molecule has 1 heterocycles. The van der Waals surface area contributed by atoms with Gasteiger partial charge in [0.25, 0.3) is 0 Å². The third-order valence-corrected chi connectivity index (χ3v) is 2.71. The fourth-order valence-electron chi connectivity index (χ4n) is 1.83. The molecule has 1 saturated heterocycles. The number of benzene rings is 1. The van der Waals surface area contributed by atoms with Crippen LogP contribution < -0.4 is 4.90 Å². The zero-order chi connectivity index (χ0) is 13.0. The summed E-state index contributed by atoms with van der Waals surface area (Å²) in [6, 6.07) is 4.60. The van der Waals surface area contributed by atoms with E-state index in [1.165, 1.54) is 12.1 Å². The van der Waals surface area contributed by atoms with E-state index >= 15 is 0 Å². The standard InChI is InChI=1S/C12H13FN2O3/c13-11-9-10(3-4-15(16)17)1-2-12(11)14-5-7-18-8-6-14/h1-4,9H,5-8H2/b4-3-. The number of hydrogen-bond acceptors (Lipinski definition) is 4. The lowest BCUT2D eigenvalue weighted by Gasteiger charge is -2.29. The molecule has 5 nitrogen and oxygen atoms in total. The van der Waals surface area contributed by atoms with Crippen LogP contribution >= 0.6 is 0 Å². The molecular formula is C12H13FN2O3. The molecule has 0 radical (unpaired) electrons. The molecule has 6 heteroatoms. The molecule has 2 rings (SSSR count). The van der Waals surface area contributed by atoms with E-state index in [1.807, 2.05) is 4.90 Å². The molecule has 1 aliphatic rings. The van der Waals surface area contributed by atoms with Gasteiger partial charge in [-0.1, -0.05) is 6.07 Å². The summed E-state index contributed by atoms with van der Waals surface area (Å²) in [5, 5.41) is 10.2. The van der Waals surface area contributed by atoms with Gasteiger partial charge in [-0.05, 0) is 17.7 Å². The van der Waals surface area contributed by atoms with Crippen molar-refractivity contribution in [2.45, 2.75) is 0 Å². The number of nitrogens with zero attached hydrogens (tertiary/aromatic N) is 2. The van der Waals surface area contributed by atoms with Crippen LogP contribution in [0.2, 0.25) is 0 Å². The van der Waals surface area contributed by atoms with Gasteiger partial charge in [0.2, 0.25) is 6.20 Å². The molecule has 18 heavy (non-hydrogen) atoms. The van der Waals surface area contributed by atoms with Crippen LogP contribution in [-0.4, -0.2) is 31.2 Å². The van der Waals surface area contributed by atoms with Crippen LogP contribution in [0.4, 0.5) is 10.1 Å². The van der Waals surface area contributed by atoms with Gasteiger partial charge in [0.05, 0.1) is 23.8 Å². The van der Waals surface area contributed by atoms with Crippen LogP contribution in [0.25, 0.3) is 6.08 Å². The molecule has 1 aromatic carbocycles. The monoisotopic (exact) mass is 252 g/mol. The van der Waals surface area contributed by atoms with Crippen molar-refractivity contribution in [2.24, 2.45) is 0 Å². The van der Waals surface area contributed by atoms with E-state index in [9.17, 15) is 14.5 Å². The summed E-state index contributed by atoms with van der Waals surface area (Å²) in [5.74, 6) is -0.373. The number of halogens is 1. The van der Waals surface area contributed by atoms with E-state index in [4.69, 9.17) is 4.74 Å². The molecule has 0 N–H and O–H groups in total. The Hall–Kier alpha value is -1.95. The van der Waals surface area contributed by atoms with Crippen LogP contribution in [0.3, 0.4) is 0 Å². The van der Waals surface area contributed by atoms with Crippen LogP contribution in [0.5, 0.6) is 0 Å². The first kappa shape index (κ1) is 12.5. The van der Waals surface area contributed by atoms with Gasteiger partial charge in [0.15, 0.2) is 0 Å². The first-order valence-corrected chi connectivity index (χ1v) is 5.61. The summed E-state index contributed by atoms with van der Waals surface area (Å²) < 4.78 is 19.1. The second-order valence-corrected chi connectivity index (χ2v) is 3.91. The van der Waals surface area contributed by atoms with Gasteiger partial charge in [0.1, 0.15) is 5.82 Å². The lowest BCUT2D eigenvalue weighted by molar-refractivity contribution is -0.400. The number of hydrogen-bond donors (Lipinski definition) is 0. The maximum absolute atomic E-state index is 13.9. The Morgan fingerprint density at radius 1 is 1.39 bits per heavy atom. The lowest BCUT2D eigenvalue weighted by atomic mass is 10.1. The topological polar surface area (TPSA) is 55.6 Å². The Kier molecular flexibility index (Phi) is 3.88. The Labute approximate surface area is 104 Å². The number of ether oxygens (including phenoxy) is 1. The van der Waals surface area contributed by atoms with Crippen molar-refractivity contribution in [3.63, 3.8) is 0 Å². The minimum absolute atomic E-state index is 0.373. The zero-order valence-electron chi connectivity index (χ0n) is 9.71. The smallest absolute Gasteiger partial charge is 0.235 e. The molecule has 0 aromatic heterocycles. The predicted molar refractivity (Wildman–Crippen MR) is 65.5 cm³/mol. The van der Waals surface area contributed by atoms with E-state index in [-0.39, 0.29) is 5.82 Å². The fourth-order valence-corrected chi connectivity index (χ4v) is 1.83. The van der Waals surface area contributed by atoms with Crippen molar-refractivity contribution in [3.05, 3.63) is 45.9 Å². The first-order chi connectivity index (χ1) is 8.66. The van der Waals surface area contributed by atoms with Crippen molar-refractivity contribution in [3.8, 4) is 0 Å². The van der Waals surface area contributed by atoms with E-state index in [1.54, 1.807) is 12.1 Å². The van der Waals surface area contributed by atoms with Gasteiger partial charge < -0.3 is 9.64 Å². The maximum atomic E-state index is 13.9. The molecule has 0 unspecified atom stereocenters. The van der Waals surface area contributed by atoms with E-state index in [0.717, 1.165) is 6.20 Å². The third-order valence-electron chi connectivity index (χ3n) is 2.71. The molecule has 0 amide bonds. The number of rotatable bonds is 3. The molecule has 0 spiro atoms. The second kappa shape index (κ2) is 5.59. The average molecular weight is 252 g/mol. The van der Waals surface area contributed by atoms with Crippen molar-refractivity contribution in [2.75, 3.05) is 31.2 Å². The van der Waals surface area contributed by atoms with Gasteiger partial charge in [-0.2, -0.15) is 0 Å². The number of morpholine rings is 1. The molecule has 96 valence electrons. The largest absolute Gasteiger partial charge is 0.378 e. The molecule has 0 bridgehead atoms. The average Bonchev–Trinajstić information content (AvgIpc) is 2.37. The third kappa shape index (κ3) is 3.04. The highest BCUT2D eigenvalue weighted by atomic mass is 19.1. The maximum Gasteiger partial charge on any atom is 0.235 e. The summed E-state index contributed by atoms with van der Waals surface area (Å²) in [4.78, 5) is 11.5. The SMILES string of the molecule is O=[N+]([O-])/C=C\c1ccc(N2CCOCC2)c(F)c1. The minimum atomic E-state index is -0.576. The van der Waals surface area contributed by atoms with Crippen molar-refractivity contribution in [1.29, 1.82) is 0 Å². The normalized spacial score (nSPS) is 16.2. The first-order valence-electron chi connectivity index (χ1n) is 5.61. The number of anilines is 1. The summed E-state index contributed by atoms with van der Waals surface area (Å²) in [5.41, 5.74) is 0.984. The van der Waals surface area contributed by atoms with Crippen molar-refractivity contribution >= 4 is 11.8 Å². The Bertz CT molecular complexity index is 470. The van der Waals surface area contributed by atoms with E-state index in [0.29, 0.717) is 37.6 Å². The molecule has 1 fully saturated rings. The summed E-state index contributed by atoms with van der Waals surface area (Å²) >= 11 is 0. The summed E-state index contributed by atoms with van der Waals surface area (Å²) in [6.07, 6.45) is 2.06. The minimum Gasteiger partial charge on any atom is -0.378 e.